The molecule has 2 saturated heterocycles. The van der Waals surface area contributed by atoms with Crippen molar-refractivity contribution in [1.82, 2.24) is 14.9 Å². The van der Waals surface area contributed by atoms with E-state index >= 15 is 0 Å². The summed E-state index contributed by atoms with van der Waals surface area (Å²) in [5, 5.41) is 6.10. The Morgan fingerprint density at radius 1 is 1.04 bits per heavy atom. The number of alkyl halides is 3. The average molecular weight is 705 g/mol. The summed E-state index contributed by atoms with van der Waals surface area (Å²) in [4.78, 5) is 13.2. The number of nitrogens with one attached hydrogen (secondary N) is 2. The van der Waals surface area contributed by atoms with Crippen LogP contribution in [0.1, 0.15) is 37.3 Å². The number of ether oxygens (including phenoxy) is 4. The highest BCUT2D eigenvalue weighted by molar-refractivity contribution is 7.70. The first kappa shape index (κ1) is 35.1. The van der Waals surface area contributed by atoms with Crippen LogP contribution >= 0.6 is 7.14 Å². The molecule has 49 heavy (non-hydrogen) atoms. The second kappa shape index (κ2) is 14.2. The summed E-state index contributed by atoms with van der Waals surface area (Å²) < 4.78 is 78.9. The number of rotatable bonds is 10. The molecule has 1 aromatic heterocycles. The number of aryl methyl sites for hydroxylation is 1. The maximum absolute atomic E-state index is 14.2. The van der Waals surface area contributed by atoms with Crippen molar-refractivity contribution in [3.05, 3.63) is 41.6 Å². The van der Waals surface area contributed by atoms with Crippen LogP contribution in [0.4, 0.5) is 42.0 Å². The number of likely N-dealkylation sites (tertiary alicyclic amines) is 1. The van der Waals surface area contributed by atoms with Gasteiger partial charge in [-0.15, -0.1) is 0 Å². The predicted molar refractivity (Wildman–Crippen MR) is 185 cm³/mol. The summed E-state index contributed by atoms with van der Waals surface area (Å²) in [6, 6.07) is 7.47. The predicted octanol–water partition coefficient (Wildman–Crippen LogP) is 6.40. The Labute approximate surface area is 284 Å². The van der Waals surface area contributed by atoms with Crippen molar-refractivity contribution in [3.63, 3.8) is 0 Å². The fourth-order valence-electron chi connectivity index (χ4n) is 6.94. The third-order valence-electron chi connectivity index (χ3n) is 9.23. The molecule has 11 nitrogen and oxygen atoms in total. The average Bonchev–Trinajstić information content (AvgIpc) is 3.53. The molecule has 0 bridgehead atoms. The molecule has 2 N–H and O–H groups in total. The number of halogens is 3. The van der Waals surface area contributed by atoms with E-state index in [9.17, 15) is 17.7 Å². The number of benzene rings is 2. The van der Waals surface area contributed by atoms with E-state index in [0.29, 0.717) is 35.9 Å². The van der Waals surface area contributed by atoms with Gasteiger partial charge >= 0.3 is 6.18 Å². The summed E-state index contributed by atoms with van der Waals surface area (Å²) in [7, 11) is -1.51. The molecule has 0 aliphatic carbocycles. The summed E-state index contributed by atoms with van der Waals surface area (Å²) >= 11 is 0. The van der Waals surface area contributed by atoms with Gasteiger partial charge in [0.15, 0.2) is 11.5 Å². The Morgan fingerprint density at radius 2 is 1.80 bits per heavy atom. The van der Waals surface area contributed by atoms with Gasteiger partial charge in [0, 0.05) is 56.8 Å². The topological polar surface area (TPSA) is 110 Å². The summed E-state index contributed by atoms with van der Waals surface area (Å²) in [6.45, 7) is 12.2. The zero-order chi connectivity index (χ0) is 34.9. The third kappa shape index (κ3) is 7.71. The van der Waals surface area contributed by atoms with Crippen LogP contribution < -0.4 is 35.0 Å². The Morgan fingerprint density at radius 3 is 2.49 bits per heavy atom. The van der Waals surface area contributed by atoms with Crippen LogP contribution in [0, 0.1) is 6.92 Å². The SMILES string of the molecule is CCOC1CCN(C2CCN(c3cc(OC)c(Nc4ncc(C(F)(F)F)c(Nc5ccc6c(c5P(C)(C)=O)OCCO6)n4)cc3C)CC2)C1. The van der Waals surface area contributed by atoms with E-state index < -0.39 is 24.7 Å². The van der Waals surface area contributed by atoms with Crippen molar-refractivity contribution in [2.75, 3.05) is 82.0 Å². The smallest absolute Gasteiger partial charge is 0.421 e. The van der Waals surface area contributed by atoms with E-state index in [1.807, 2.05) is 26.0 Å². The van der Waals surface area contributed by atoms with Crippen molar-refractivity contribution in [3.8, 4) is 17.2 Å². The summed E-state index contributed by atoms with van der Waals surface area (Å²) in [5.41, 5.74) is 1.63. The Kier molecular flexibility index (Phi) is 10.2. The van der Waals surface area contributed by atoms with E-state index in [2.05, 4.69) is 30.4 Å². The lowest BCUT2D eigenvalue weighted by molar-refractivity contribution is -0.137. The van der Waals surface area contributed by atoms with Gasteiger partial charge in [-0.25, -0.2) is 4.98 Å². The molecule has 2 aromatic carbocycles. The quantitative estimate of drug-likeness (QED) is 0.229. The molecule has 3 aliphatic heterocycles. The fourth-order valence-corrected chi connectivity index (χ4v) is 8.32. The van der Waals surface area contributed by atoms with Crippen LogP contribution in [-0.2, 0) is 15.5 Å². The van der Waals surface area contributed by atoms with Crippen LogP contribution in [-0.4, -0.2) is 93.5 Å². The minimum Gasteiger partial charge on any atom is -0.494 e. The second-order valence-electron chi connectivity index (χ2n) is 13.0. The number of methoxy groups -OCH3 is 1. The Balaban J connectivity index is 1.23. The van der Waals surface area contributed by atoms with Crippen LogP contribution in [0.5, 0.6) is 17.2 Å². The van der Waals surface area contributed by atoms with Crippen molar-refractivity contribution in [1.29, 1.82) is 0 Å². The molecule has 15 heteroatoms. The number of hydrogen-bond donors (Lipinski definition) is 2. The number of anilines is 5. The minimum atomic E-state index is -4.76. The molecule has 266 valence electrons. The minimum absolute atomic E-state index is 0.0759. The van der Waals surface area contributed by atoms with Gasteiger partial charge in [0.1, 0.15) is 37.5 Å². The number of piperidine rings is 1. The lowest BCUT2D eigenvalue weighted by Gasteiger charge is -2.38. The molecule has 0 saturated carbocycles. The standard InChI is InChI=1S/C34H44F3N6O5P/c1-6-46-23-11-14-43(20-23)22-9-12-42(13-10-22)27-18-29(45-3)26(17-21(27)2)40-33-38-19-24(34(35,36)37)32(41-33)39-25-7-8-28-30(48-16-15-47-28)31(25)49(4,5)44/h7-8,17-19,22-23H,6,9-16,20H2,1-5H3,(H2,38,39,40,41). The molecular weight excluding hydrogens is 660 g/mol. The number of hydrogen-bond acceptors (Lipinski definition) is 11. The molecule has 3 aliphatic rings. The van der Waals surface area contributed by atoms with Crippen LogP contribution in [0.3, 0.4) is 0 Å². The molecule has 0 spiro atoms. The van der Waals surface area contributed by atoms with E-state index in [4.69, 9.17) is 18.9 Å². The molecule has 1 unspecified atom stereocenters. The molecule has 2 fully saturated rings. The molecular formula is C34H44F3N6O5P. The van der Waals surface area contributed by atoms with Crippen LogP contribution in [0.2, 0.25) is 0 Å². The molecule has 0 radical (unpaired) electrons. The van der Waals surface area contributed by atoms with E-state index in [1.165, 1.54) is 19.4 Å². The lowest BCUT2D eigenvalue weighted by atomic mass is 10.0. The Bertz CT molecular complexity index is 1710. The van der Waals surface area contributed by atoms with Crippen LogP contribution in [0.25, 0.3) is 0 Å². The fraction of sp³-hybridized carbons (Fsp3) is 0.529. The second-order valence-corrected chi connectivity index (χ2v) is 16.1. The van der Waals surface area contributed by atoms with Gasteiger partial charge < -0.3 is 39.0 Å². The highest BCUT2D eigenvalue weighted by Gasteiger charge is 2.37. The number of fused-ring (bicyclic) bond motifs is 1. The zero-order valence-electron chi connectivity index (χ0n) is 28.5. The first-order valence-corrected chi connectivity index (χ1v) is 19.2. The van der Waals surface area contributed by atoms with Gasteiger partial charge in [-0.1, -0.05) is 0 Å². The highest BCUT2D eigenvalue weighted by atomic mass is 31.2. The van der Waals surface area contributed by atoms with Gasteiger partial charge in [-0.2, -0.15) is 18.2 Å². The number of aromatic nitrogens is 2. The van der Waals surface area contributed by atoms with Gasteiger partial charge in [0.05, 0.1) is 29.9 Å². The van der Waals surface area contributed by atoms with E-state index in [-0.39, 0.29) is 29.3 Å². The summed E-state index contributed by atoms with van der Waals surface area (Å²) in [5.74, 6) is 0.563. The van der Waals surface area contributed by atoms with Gasteiger partial charge in [0.25, 0.3) is 0 Å². The lowest BCUT2D eigenvalue weighted by Crippen LogP contribution is -2.44. The first-order valence-electron chi connectivity index (χ1n) is 16.6. The monoisotopic (exact) mass is 704 g/mol. The first-order chi connectivity index (χ1) is 23.4. The van der Waals surface area contributed by atoms with Crippen molar-refractivity contribution in [2.45, 2.75) is 51.4 Å². The Hall–Kier alpha value is -3.74. The summed E-state index contributed by atoms with van der Waals surface area (Å²) in [6.07, 6.45) is -0.536. The van der Waals surface area contributed by atoms with E-state index in [0.717, 1.165) is 69.5 Å². The molecule has 3 aromatic rings. The third-order valence-corrected chi connectivity index (χ3v) is 10.8. The van der Waals surface area contributed by atoms with Gasteiger partial charge in [-0.3, -0.25) is 4.90 Å². The maximum Gasteiger partial charge on any atom is 0.421 e. The highest BCUT2D eigenvalue weighted by Crippen LogP contribution is 2.47. The van der Waals surface area contributed by atoms with Gasteiger partial charge in [0.2, 0.25) is 5.95 Å². The van der Waals surface area contributed by atoms with Crippen molar-refractivity contribution >= 4 is 41.3 Å². The molecule has 1 atom stereocenters. The molecule has 0 amide bonds. The zero-order valence-corrected chi connectivity index (χ0v) is 29.4. The van der Waals surface area contributed by atoms with E-state index in [1.54, 1.807) is 13.2 Å². The number of nitrogens with zero attached hydrogens (tertiary/aromatic N) is 4. The molecule has 4 heterocycles. The maximum atomic E-state index is 14.2. The molecule has 6 rings (SSSR count). The largest absolute Gasteiger partial charge is 0.494 e. The van der Waals surface area contributed by atoms with Gasteiger partial charge in [-0.05, 0) is 70.2 Å². The normalized spacial score (nSPS) is 18.9. The van der Waals surface area contributed by atoms with Crippen LogP contribution in [0.15, 0.2) is 30.5 Å². The van der Waals surface area contributed by atoms with Crippen molar-refractivity contribution < 1.29 is 36.7 Å². The van der Waals surface area contributed by atoms with Crippen molar-refractivity contribution in [2.24, 2.45) is 0 Å².